The van der Waals surface area contributed by atoms with Crippen molar-refractivity contribution < 1.29 is 0 Å². The third-order valence-electron chi connectivity index (χ3n) is 2.55. The smallest absolute Gasteiger partial charge is 0.191 e. The summed E-state index contributed by atoms with van der Waals surface area (Å²) in [5, 5.41) is 15.5. The van der Waals surface area contributed by atoms with Crippen LogP contribution in [0, 0.1) is 0 Å². The van der Waals surface area contributed by atoms with E-state index >= 15 is 0 Å². The number of nitrogens with one attached hydrogen (secondary N) is 3. The van der Waals surface area contributed by atoms with Crippen LogP contribution in [0.1, 0.15) is 17.5 Å². The van der Waals surface area contributed by atoms with Crippen molar-refractivity contribution in [3.05, 3.63) is 40.3 Å². The lowest BCUT2D eigenvalue weighted by atomic mass is 10.3. The van der Waals surface area contributed by atoms with Crippen molar-refractivity contribution >= 4 is 41.3 Å². The molecule has 0 aliphatic rings. The Labute approximate surface area is 140 Å². The molecule has 7 heteroatoms. The molecule has 2 aromatic rings. The van der Waals surface area contributed by atoms with Gasteiger partial charge >= 0.3 is 0 Å². The highest BCUT2D eigenvalue weighted by Crippen LogP contribution is 2.07. The summed E-state index contributed by atoms with van der Waals surface area (Å²) in [6.07, 6.45) is 2.76. The largest absolute Gasteiger partial charge is 0.357 e. The van der Waals surface area contributed by atoms with Crippen LogP contribution in [0.15, 0.2) is 34.8 Å². The fraction of sp³-hybridized carbons (Fsp3) is 0.385. The van der Waals surface area contributed by atoms with E-state index in [1.165, 1.54) is 4.88 Å². The molecule has 0 unspecified atom stereocenters. The second kappa shape index (κ2) is 9.76. The molecule has 0 bridgehead atoms. The van der Waals surface area contributed by atoms with Crippen LogP contribution >= 0.6 is 35.3 Å². The molecule has 110 valence electrons. The van der Waals surface area contributed by atoms with Gasteiger partial charge in [-0.05, 0) is 30.9 Å². The van der Waals surface area contributed by atoms with Gasteiger partial charge in [0.15, 0.2) is 5.96 Å². The molecule has 0 radical (unpaired) electrons. The molecule has 0 saturated heterocycles. The first-order chi connectivity index (χ1) is 9.38. The van der Waals surface area contributed by atoms with Crippen molar-refractivity contribution in [2.45, 2.75) is 19.9 Å². The van der Waals surface area contributed by atoms with Gasteiger partial charge in [0.05, 0.1) is 12.2 Å². The average molecular weight is 405 g/mol. The van der Waals surface area contributed by atoms with Crippen molar-refractivity contribution in [1.29, 1.82) is 0 Å². The number of H-pyrrole nitrogens is 1. The molecule has 0 spiro atoms. The molecule has 3 N–H and O–H groups in total. The summed E-state index contributed by atoms with van der Waals surface area (Å²) in [4.78, 5) is 5.89. The van der Waals surface area contributed by atoms with Crippen molar-refractivity contribution in [2.24, 2.45) is 4.99 Å². The topological polar surface area (TPSA) is 65.1 Å². The zero-order chi connectivity index (χ0) is 13.3. The number of hydrogen-bond acceptors (Lipinski definition) is 3. The van der Waals surface area contributed by atoms with Crippen LogP contribution in [0.3, 0.4) is 0 Å². The third kappa shape index (κ3) is 5.91. The Balaban J connectivity index is 0.00000200. The van der Waals surface area contributed by atoms with Crippen LogP contribution in [-0.2, 0) is 13.0 Å². The predicted octanol–water partition coefficient (Wildman–Crippen LogP) is 2.39. The van der Waals surface area contributed by atoms with Gasteiger partial charge in [-0.1, -0.05) is 6.07 Å². The third-order valence-corrected chi connectivity index (χ3v) is 3.49. The maximum Gasteiger partial charge on any atom is 0.191 e. The molecular formula is C13H20IN5S. The quantitative estimate of drug-likeness (QED) is 0.393. The fourth-order valence-corrected chi connectivity index (χ4v) is 2.35. The lowest BCUT2D eigenvalue weighted by Crippen LogP contribution is -2.38. The molecule has 0 aliphatic heterocycles. The molecule has 0 fully saturated rings. The summed E-state index contributed by atoms with van der Waals surface area (Å²) in [6.45, 7) is 4.41. The molecule has 2 heterocycles. The van der Waals surface area contributed by atoms with E-state index in [0.717, 1.165) is 31.2 Å². The fourth-order valence-electron chi connectivity index (χ4n) is 1.64. The Kier molecular flexibility index (Phi) is 8.28. The summed E-state index contributed by atoms with van der Waals surface area (Å²) < 4.78 is 0. The second-order valence-electron chi connectivity index (χ2n) is 4.03. The normalized spacial score (nSPS) is 10.9. The zero-order valence-electron chi connectivity index (χ0n) is 11.4. The number of guanidine groups is 1. The van der Waals surface area contributed by atoms with Crippen LogP contribution in [0.4, 0.5) is 0 Å². The van der Waals surface area contributed by atoms with E-state index < -0.39 is 0 Å². The molecule has 2 aromatic heterocycles. The number of rotatable bonds is 6. The van der Waals surface area contributed by atoms with Crippen LogP contribution in [0.2, 0.25) is 0 Å². The van der Waals surface area contributed by atoms with Gasteiger partial charge in [-0.2, -0.15) is 5.10 Å². The number of aromatic amines is 1. The Morgan fingerprint density at radius 1 is 1.40 bits per heavy atom. The second-order valence-corrected chi connectivity index (χ2v) is 5.07. The molecule has 2 rings (SSSR count). The summed E-state index contributed by atoms with van der Waals surface area (Å²) in [6, 6.07) is 6.16. The summed E-state index contributed by atoms with van der Waals surface area (Å²) in [5.41, 5.74) is 1.01. The highest BCUT2D eigenvalue weighted by atomic mass is 127. The van der Waals surface area contributed by atoms with Crippen molar-refractivity contribution in [1.82, 2.24) is 20.8 Å². The lowest BCUT2D eigenvalue weighted by molar-refractivity contribution is 0.800. The van der Waals surface area contributed by atoms with Crippen LogP contribution in [-0.4, -0.2) is 29.2 Å². The number of halogens is 1. The van der Waals surface area contributed by atoms with Gasteiger partial charge in [-0.25, -0.2) is 4.99 Å². The number of aliphatic imine (C=N–C) groups is 1. The van der Waals surface area contributed by atoms with E-state index in [1.54, 1.807) is 17.5 Å². The van der Waals surface area contributed by atoms with Gasteiger partial charge in [0.2, 0.25) is 0 Å². The minimum absolute atomic E-state index is 0. The van der Waals surface area contributed by atoms with E-state index in [9.17, 15) is 0 Å². The number of nitrogens with zero attached hydrogens (tertiary/aromatic N) is 2. The highest BCUT2D eigenvalue weighted by molar-refractivity contribution is 14.0. The van der Waals surface area contributed by atoms with Gasteiger partial charge in [0, 0.05) is 24.2 Å². The predicted molar refractivity (Wildman–Crippen MR) is 94.8 cm³/mol. The van der Waals surface area contributed by atoms with Crippen LogP contribution < -0.4 is 10.6 Å². The first-order valence-corrected chi connectivity index (χ1v) is 7.29. The summed E-state index contributed by atoms with van der Waals surface area (Å²) in [7, 11) is 0. The number of hydrogen-bond donors (Lipinski definition) is 3. The molecule has 20 heavy (non-hydrogen) atoms. The number of thiophene rings is 1. The zero-order valence-corrected chi connectivity index (χ0v) is 14.6. The molecule has 0 aliphatic carbocycles. The van der Waals surface area contributed by atoms with E-state index in [2.05, 4.69) is 50.3 Å². The van der Waals surface area contributed by atoms with Crippen molar-refractivity contribution in [3.63, 3.8) is 0 Å². The summed E-state index contributed by atoms with van der Waals surface area (Å²) in [5.74, 6) is 0.841. The Bertz CT molecular complexity index is 481. The van der Waals surface area contributed by atoms with Crippen LogP contribution in [0.5, 0.6) is 0 Å². The Hall–Kier alpha value is -1.09. The van der Waals surface area contributed by atoms with Gasteiger partial charge in [0.25, 0.3) is 0 Å². The van der Waals surface area contributed by atoms with E-state index in [1.807, 2.05) is 6.07 Å². The maximum absolute atomic E-state index is 4.50. The molecule has 0 saturated carbocycles. The van der Waals surface area contributed by atoms with E-state index in [0.29, 0.717) is 6.54 Å². The minimum atomic E-state index is 0. The molecule has 0 amide bonds. The monoisotopic (exact) mass is 405 g/mol. The Morgan fingerprint density at radius 3 is 2.95 bits per heavy atom. The van der Waals surface area contributed by atoms with E-state index in [-0.39, 0.29) is 24.0 Å². The minimum Gasteiger partial charge on any atom is -0.357 e. The maximum atomic E-state index is 4.50. The SMILES string of the molecule is CCNC(=NCc1ccn[nH]1)NCCc1cccs1.I. The number of aromatic nitrogens is 2. The van der Waals surface area contributed by atoms with Crippen LogP contribution in [0.25, 0.3) is 0 Å². The van der Waals surface area contributed by atoms with Crippen molar-refractivity contribution in [3.8, 4) is 0 Å². The highest BCUT2D eigenvalue weighted by Gasteiger charge is 1.99. The van der Waals surface area contributed by atoms with Crippen molar-refractivity contribution in [2.75, 3.05) is 13.1 Å². The first-order valence-electron chi connectivity index (χ1n) is 6.41. The molecular weight excluding hydrogens is 385 g/mol. The molecule has 0 atom stereocenters. The Morgan fingerprint density at radius 2 is 2.30 bits per heavy atom. The molecule has 0 aromatic carbocycles. The van der Waals surface area contributed by atoms with Gasteiger partial charge in [-0.3, -0.25) is 5.10 Å². The van der Waals surface area contributed by atoms with Gasteiger partial charge < -0.3 is 10.6 Å². The van der Waals surface area contributed by atoms with Gasteiger partial charge in [0.1, 0.15) is 0 Å². The summed E-state index contributed by atoms with van der Waals surface area (Å²) >= 11 is 1.79. The van der Waals surface area contributed by atoms with Gasteiger partial charge in [-0.15, -0.1) is 35.3 Å². The first kappa shape index (κ1) is 17.0. The standard InChI is InChI=1S/C13H19N5S.HI/c1-2-14-13(16-10-11-5-8-17-18-11)15-7-6-12-4-3-9-19-12;/h3-5,8-9H,2,6-7,10H2,1H3,(H,17,18)(H2,14,15,16);1H. The van der Waals surface area contributed by atoms with E-state index in [4.69, 9.17) is 0 Å². The molecule has 5 nitrogen and oxygen atoms in total. The lowest BCUT2D eigenvalue weighted by Gasteiger charge is -2.10. The average Bonchev–Trinajstić information content (AvgIpc) is 3.09.